The van der Waals surface area contributed by atoms with Gasteiger partial charge >= 0.3 is 5.97 Å². The van der Waals surface area contributed by atoms with Gasteiger partial charge < -0.3 is 15.2 Å². The Morgan fingerprint density at radius 2 is 1.79 bits per heavy atom. The number of anilines is 1. The summed E-state index contributed by atoms with van der Waals surface area (Å²) in [6, 6.07) is 18.6. The molecule has 0 amide bonds. The number of carbonyl (C=O) groups is 1. The molecule has 5 heteroatoms. The summed E-state index contributed by atoms with van der Waals surface area (Å²) in [5, 5.41) is 12.3. The summed E-state index contributed by atoms with van der Waals surface area (Å²) in [5.74, 6) is 0.475. The number of hydrogen-bond donors (Lipinski definition) is 2. The molecule has 0 atom stereocenters. The van der Waals surface area contributed by atoms with Crippen molar-refractivity contribution in [3.8, 4) is 11.5 Å². The van der Waals surface area contributed by atoms with Crippen LogP contribution in [0.1, 0.15) is 15.9 Å². The van der Waals surface area contributed by atoms with Crippen LogP contribution in [0.4, 0.5) is 5.69 Å². The van der Waals surface area contributed by atoms with E-state index in [2.05, 4.69) is 10.3 Å². The van der Waals surface area contributed by atoms with Crippen molar-refractivity contribution in [1.82, 2.24) is 4.98 Å². The molecule has 0 radical (unpaired) electrons. The van der Waals surface area contributed by atoms with Gasteiger partial charge in [-0.1, -0.05) is 36.4 Å². The second kappa shape index (κ2) is 7.28. The predicted molar refractivity (Wildman–Crippen MR) is 91.5 cm³/mol. The van der Waals surface area contributed by atoms with Crippen LogP contribution in [0, 0.1) is 0 Å². The van der Waals surface area contributed by atoms with Crippen LogP contribution in [0.25, 0.3) is 0 Å². The van der Waals surface area contributed by atoms with Gasteiger partial charge in [-0.2, -0.15) is 0 Å². The van der Waals surface area contributed by atoms with E-state index >= 15 is 0 Å². The number of hydrogen-bond acceptors (Lipinski definition) is 4. The number of pyridine rings is 1. The molecule has 120 valence electrons. The molecule has 0 saturated carbocycles. The first-order valence-electron chi connectivity index (χ1n) is 7.46. The summed E-state index contributed by atoms with van der Waals surface area (Å²) in [6.07, 6.45) is 2.96. The normalized spacial score (nSPS) is 10.2. The SMILES string of the molecule is O=C(O)c1ccncc1NCc1ccccc1Oc1ccccc1. The number of benzene rings is 2. The third kappa shape index (κ3) is 3.70. The number of para-hydroxylation sites is 2. The summed E-state index contributed by atoms with van der Waals surface area (Å²) in [4.78, 5) is 15.2. The largest absolute Gasteiger partial charge is 0.478 e. The highest BCUT2D eigenvalue weighted by Crippen LogP contribution is 2.26. The van der Waals surface area contributed by atoms with Crippen molar-refractivity contribution >= 4 is 11.7 Å². The fraction of sp³-hybridized carbons (Fsp3) is 0.0526. The van der Waals surface area contributed by atoms with E-state index in [4.69, 9.17) is 4.74 Å². The van der Waals surface area contributed by atoms with Gasteiger partial charge in [0.15, 0.2) is 0 Å². The number of aromatic carboxylic acids is 1. The summed E-state index contributed by atoms with van der Waals surface area (Å²) in [6.45, 7) is 0.426. The van der Waals surface area contributed by atoms with Gasteiger partial charge in [-0.3, -0.25) is 4.98 Å². The average molecular weight is 320 g/mol. The molecule has 0 bridgehead atoms. The molecule has 3 rings (SSSR count). The lowest BCUT2D eigenvalue weighted by molar-refractivity contribution is 0.0698. The van der Waals surface area contributed by atoms with Crippen LogP contribution < -0.4 is 10.1 Å². The zero-order valence-corrected chi connectivity index (χ0v) is 12.8. The molecule has 24 heavy (non-hydrogen) atoms. The highest BCUT2D eigenvalue weighted by Gasteiger charge is 2.10. The topological polar surface area (TPSA) is 71.5 Å². The first-order valence-corrected chi connectivity index (χ1v) is 7.46. The molecule has 0 fully saturated rings. The predicted octanol–water partition coefficient (Wildman–Crippen LogP) is 4.18. The van der Waals surface area contributed by atoms with Gasteiger partial charge in [-0.15, -0.1) is 0 Å². The van der Waals surface area contributed by atoms with E-state index in [0.717, 1.165) is 17.1 Å². The number of carboxylic acid groups (broad SMARTS) is 1. The molecular weight excluding hydrogens is 304 g/mol. The summed E-state index contributed by atoms with van der Waals surface area (Å²) >= 11 is 0. The number of rotatable bonds is 6. The van der Waals surface area contributed by atoms with Crippen molar-refractivity contribution in [2.45, 2.75) is 6.54 Å². The minimum Gasteiger partial charge on any atom is -0.478 e. The Labute approximate surface area is 139 Å². The summed E-state index contributed by atoms with van der Waals surface area (Å²) in [7, 11) is 0. The molecule has 2 aromatic carbocycles. The Hall–Kier alpha value is -3.34. The molecule has 3 aromatic rings. The second-order valence-electron chi connectivity index (χ2n) is 5.10. The molecular formula is C19H16N2O3. The van der Waals surface area contributed by atoms with E-state index < -0.39 is 5.97 Å². The Balaban J connectivity index is 1.78. The average Bonchev–Trinajstić information content (AvgIpc) is 2.62. The van der Waals surface area contributed by atoms with Gasteiger partial charge in [0, 0.05) is 18.3 Å². The van der Waals surface area contributed by atoms with Gasteiger partial charge in [0.1, 0.15) is 11.5 Å². The standard InChI is InChI=1S/C19H16N2O3/c22-19(23)16-10-11-20-13-17(16)21-12-14-6-4-5-9-18(14)24-15-7-2-1-3-8-15/h1-11,13,21H,12H2,(H,22,23). The Morgan fingerprint density at radius 1 is 1.04 bits per heavy atom. The zero-order chi connectivity index (χ0) is 16.8. The van der Waals surface area contributed by atoms with E-state index in [0.29, 0.717) is 12.2 Å². The second-order valence-corrected chi connectivity index (χ2v) is 5.10. The molecule has 0 unspecified atom stereocenters. The minimum atomic E-state index is -0.992. The lowest BCUT2D eigenvalue weighted by Crippen LogP contribution is -2.07. The summed E-state index contributed by atoms with van der Waals surface area (Å²) in [5.41, 5.74) is 1.58. The van der Waals surface area contributed by atoms with Crippen LogP contribution in [0.15, 0.2) is 73.1 Å². The van der Waals surface area contributed by atoms with E-state index in [-0.39, 0.29) is 5.56 Å². The Bertz CT molecular complexity index is 835. The van der Waals surface area contributed by atoms with Crippen LogP contribution in [0.2, 0.25) is 0 Å². The van der Waals surface area contributed by atoms with E-state index in [9.17, 15) is 9.90 Å². The van der Waals surface area contributed by atoms with Crippen LogP contribution >= 0.6 is 0 Å². The molecule has 0 aliphatic heterocycles. The quantitative estimate of drug-likeness (QED) is 0.713. The smallest absolute Gasteiger partial charge is 0.337 e. The van der Waals surface area contributed by atoms with Crippen molar-refractivity contribution < 1.29 is 14.6 Å². The highest BCUT2D eigenvalue weighted by molar-refractivity contribution is 5.93. The van der Waals surface area contributed by atoms with E-state index in [1.165, 1.54) is 18.5 Å². The highest BCUT2D eigenvalue weighted by atomic mass is 16.5. The number of nitrogens with zero attached hydrogens (tertiary/aromatic N) is 1. The fourth-order valence-corrected chi connectivity index (χ4v) is 2.28. The van der Waals surface area contributed by atoms with Gasteiger partial charge in [-0.25, -0.2) is 4.79 Å². The van der Waals surface area contributed by atoms with Gasteiger partial charge in [0.2, 0.25) is 0 Å². The molecule has 1 aromatic heterocycles. The molecule has 5 nitrogen and oxygen atoms in total. The first-order chi connectivity index (χ1) is 11.7. The van der Waals surface area contributed by atoms with Crippen LogP contribution in [-0.4, -0.2) is 16.1 Å². The lowest BCUT2D eigenvalue weighted by atomic mass is 10.1. The summed E-state index contributed by atoms with van der Waals surface area (Å²) < 4.78 is 5.90. The van der Waals surface area contributed by atoms with Crippen molar-refractivity contribution in [2.75, 3.05) is 5.32 Å². The molecule has 0 saturated heterocycles. The molecule has 2 N–H and O–H groups in total. The van der Waals surface area contributed by atoms with E-state index in [1.54, 1.807) is 0 Å². The molecule has 0 aliphatic rings. The van der Waals surface area contributed by atoms with Gasteiger partial charge in [-0.05, 0) is 24.3 Å². The van der Waals surface area contributed by atoms with Crippen LogP contribution in [-0.2, 0) is 6.54 Å². The molecule has 1 heterocycles. The maximum Gasteiger partial charge on any atom is 0.337 e. The number of carboxylic acids is 1. The number of nitrogens with one attached hydrogen (secondary N) is 1. The molecule has 0 aliphatic carbocycles. The first kappa shape index (κ1) is 15.6. The zero-order valence-electron chi connectivity index (χ0n) is 12.8. The Kier molecular flexibility index (Phi) is 4.72. The molecule has 0 spiro atoms. The van der Waals surface area contributed by atoms with Crippen LogP contribution in [0.3, 0.4) is 0 Å². The van der Waals surface area contributed by atoms with Crippen molar-refractivity contribution in [2.24, 2.45) is 0 Å². The van der Waals surface area contributed by atoms with Crippen molar-refractivity contribution in [1.29, 1.82) is 0 Å². The monoisotopic (exact) mass is 320 g/mol. The van der Waals surface area contributed by atoms with Gasteiger partial charge in [0.25, 0.3) is 0 Å². The maximum atomic E-state index is 11.2. The number of aromatic nitrogens is 1. The third-order valence-electron chi connectivity index (χ3n) is 3.46. The fourth-order valence-electron chi connectivity index (χ4n) is 2.28. The maximum absolute atomic E-state index is 11.2. The third-order valence-corrected chi connectivity index (χ3v) is 3.46. The van der Waals surface area contributed by atoms with Crippen molar-refractivity contribution in [3.05, 3.63) is 84.2 Å². The van der Waals surface area contributed by atoms with Gasteiger partial charge in [0.05, 0.1) is 17.4 Å². The lowest BCUT2D eigenvalue weighted by Gasteiger charge is -2.13. The van der Waals surface area contributed by atoms with E-state index in [1.807, 2.05) is 54.6 Å². The van der Waals surface area contributed by atoms with Crippen molar-refractivity contribution in [3.63, 3.8) is 0 Å². The Morgan fingerprint density at radius 3 is 2.58 bits per heavy atom. The minimum absolute atomic E-state index is 0.187. The number of ether oxygens (including phenoxy) is 1. The van der Waals surface area contributed by atoms with Crippen LogP contribution in [0.5, 0.6) is 11.5 Å².